The van der Waals surface area contributed by atoms with Gasteiger partial charge in [-0.2, -0.15) is 5.10 Å². The predicted molar refractivity (Wildman–Crippen MR) is 169 cm³/mol. The average molecular weight is 645 g/mol. The molecule has 13 heteroatoms. The standard InChI is InChI=1S/C31H37ClN4O7S/c1-33-31(36-23-29(24-5-3-2-4-6-24)30(34-36)25-7-9-26(32)10-8-25)35-44(38,39)28-13-11-27(12-14-28)43-22-21-42-20-19-41-18-17-40-16-15-37/h2-14,29,37H,15-23H2,1H3,(H,33,35). The molecule has 44 heavy (non-hydrogen) atoms. The van der Waals surface area contributed by atoms with Gasteiger partial charge in [0.15, 0.2) is 0 Å². The minimum absolute atomic E-state index is 0.00943. The maximum absolute atomic E-state index is 13.3. The Kier molecular flexibility index (Phi) is 13.0. The summed E-state index contributed by atoms with van der Waals surface area (Å²) in [5.41, 5.74) is 2.73. The first-order chi connectivity index (χ1) is 21.4. The fourth-order valence-corrected chi connectivity index (χ4v) is 5.57. The van der Waals surface area contributed by atoms with Gasteiger partial charge < -0.3 is 24.1 Å². The molecule has 4 rings (SSSR count). The molecule has 11 nitrogen and oxygen atoms in total. The smallest absolute Gasteiger partial charge is 0.264 e. The van der Waals surface area contributed by atoms with E-state index in [9.17, 15) is 8.42 Å². The first-order valence-corrected chi connectivity index (χ1v) is 16.0. The van der Waals surface area contributed by atoms with Gasteiger partial charge in [0.05, 0.1) is 63.4 Å². The van der Waals surface area contributed by atoms with Gasteiger partial charge in [-0.3, -0.25) is 4.99 Å². The molecule has 1 unspecified atom stereocenters. The molecule has 3 aromatic rings. The van der Waals surface area contributed by atoms with Crippen molar-refractivity contribution in [3.8, 4) is 5.75 Å². The lowest BCUT2D eigenvalue weighted by molar-refractivity contribution is 0.00361. The van der Waals surface area contributed by atoms with Crippen molar-refractivity contribution in [2.24, 2.45) is 10.1 Å². The zero-order valence-corrected chi connectivity index (χ0v) is 26.0. The maximum atomic E-state index is 13.3. The number of aliphatic hydroxyl groups excluding tert-OH is 1. The summed E-state index contributed by atoms with van der Waals surface area (Å²) < 4.78 is 50.8. The second kappa shape index (κ2) is 17.1. The zero-order chi connectivity index (χ0) is 31.2. The highest BCUT2D eigenvalue weighted by Crippen LogP contribution is 2.29. The van der Waals surface area contributed by atoms with Crippen molar-refractivity contribution in [2.45, 2.75) is 10.8 Å². The first-order valence-electron chi connectivity index (χ1n) is 14.1. The number of halogens is 1. The number of aliphatic hydroxyl groups is 1. The molecule has 0 aliphatic carbocycles. The van der Waals surface area contributed by atoms with Crippen LogP contribution >= 0.6 is 11.6 Å². The van der Waals surface area contributed by atoms with Crippen LogP contribution in [-0.4, -0.2) is 96.7 Å². The van der Waals surface area contributed by atoms with Gasteiger partial charge in [-0.15, -0.1) is 0 Å². The highest BCUT2D eigenvalue weighted by molar-refractivity contribution is 7.90. The lowest BCUT2D eigenvalue weighted by atomic mass is 9.91. The van der Waals surface area contributed by atoms with Crippen molar-refractivity contribution < 1.29 is 32.5 Å². The molecule has 2 N–H and O–H groups in total. The zero-order valence-electron chi connectivity index (χ0n) is 24.5. The van der Waals surface area contributed by atoms with Gasteiger partial charge in [0.1, 0.15) is 12.4 Å². The topological polar surface area (TPSA) is 131 Å². The Morgan fingerprint density at radius 3 is 2.14 bits per heavy atom. The van der Waals surface area contributed by atoms with Crippen LogP contribution in [-0.2, 0) is 24.2 Å². The molecule has 0 radical (unpaired) electrons. The van der Waals surface area contributed by atoms with Crippen LogP contribution in [0.15, 0.2) is 93.9 Å². The predicted octanol–water partition coefficient (Wildman–Crippen LogP) is 3.53. The number of sulfonamides is 1. The van der Waals surface area contributed by atoms with Crippen molar-refractivity contribution in [1.29, 1.82) is 0 Å². The summed E-state index contributed by atoms with van der Waals surface area (Å²) >= 11 is 6.11. The van der Waals surface area contributed by atoms with E-state index in [-0.39, 0.29) is 23.4 Å². The van der Waals surface area contributed by atoms with Gasteiger partial charge in [-0.1, -0.05) is 54.1 Å². The Balaban J connectivity index is 1.31. The molecule has 1 atom stereocenters. The monoisotopic (exact) mass is 644 g/mol. The summed E-state index contributed by atoms with van der Waals surface area (Å²) in [4.78, 5) is 4.28. The van der Waals surface area contributed by atoms with Gasteiger partial charge in [0.25, 0.3) is 10.0 Å². The van der Waals surface area contributed by atoms with Crippen molar-refractivity contribution in [2.75, 3.05) is 66.4 Å². The molecule has 0 bridgehead atoms. The van der Waals surface area contributed by atoms with Crippen LogP contribution in [0.4, 0.5) is 0 Å². The molecule has 0 saturated heterocycles. The van der Waals surface area contributed by atoms with Crippen LogP contribution in [0.25, 0.3) is 0 Å². The Hall–Kier alpha value is -3.52. The van der Waals surface area contributed by atoms with Gasteiger partial charge in [0, 0.05) is 18.0 Å². The van der Waals surface area contributed by atoms with Crippen molar-refractivity contribution in [3.05, 3.63) is 95.0 Å². The molecular formula is C31H37ClN4O7S. The molecule has 0 spiro atoms. The molecule has 0 saturated carbocycles. The number of nitrogens with one attached hydrogen (secondary N) is 1. The number of guanidine groups is 1. The average Bonchev–Trinajstić information content (AvgIpc) is 3.49. The number of aliphatic imine (C=N–C) groups is 1. The number of benzene rings is 3. The van der Waals surface area contributed by atoms with Crippen LogP contribution in [0.5, 0.6) is 5.75 Å². The van der Waals surface area contributed by atoms with E-state index in [2.05, 4.69) is 9.71 Å². The minimum atomic E-state index is -3.97. The number of hydrazone groups is 1. The van der Waals surface area contributed by atoms with E-state index in [0.29, 0.717) is 63.6 Å². The van der Waals surface area contributed by atoms with Crippen LogP contribution < -0.4 is 9.46 Å². The molecule has 1 aliphatic rings. The lowest BCUT2D eigenvalue weighted by Crippen LogP contribution is -2.41. The van der Waals surface area contributed by atoms with Crippen LogP contribution in [0.2, 0.25) is 5.02 Å². The largest absolute Gasteiger partial charge is 0.491 e. The molecule has 3 aromatic carbocycles. The van der Waals surface area contributed by atoms with E-state index < -0.39 is 10.0 Å². The van der Waals surface area contributed by atoms with E-state index in [0.717, 1.165) is 16.8 Å². The van der Waals surface area contributed by atoms with Gasteiger partial charge >= 0.3 is 0 Å². The van der Waals surface area contributed by atoms with Gasteiger partial charge in [-0.25, -0.2) is 18.1 Å². The van der Waals surface area contributed by atoms with Gasteiger partial charge in [-0.05, 0) is 47.5 Å². The number of rotatable bonds is 16. The summed E-state index contributed by atoms with van der Waals surface area (Å²) in [6, 6.07) is 23.5. The van der Waals surface area contributed by atoms with Crippen LogP contribution in [0, 0.1) is 0 Å². The lowest BCUT2D eigenvalue weighted by Gasteiger charge is -2.19. The van der Waals surface area contributed by atoms with E-state index in [1.807, 2.05) is 42.5 Å². The number of hydrogen-bond acceptors (Lipinski definition) is 9. The molecule has 1 aliphatic heterocycles. The highest BCUT2D eigenvalue weighted by Gasteiger charge is 2.32. The summed E-state index contributed by atoms with van der Waals surface area (Å²) in [6.45, 7) is 3.00. The second-order valence-electron chi connectivity index (χ2n) is 9.57. The van der Waals surface area contributed by atoms with Crippen molar-refractivity contribution in [1.82, 2.24) is 9.73 Å². The van der Waals surface area contributed by atoms with Crippen molar-refractivity contribution >= 4 is 33.3 Å². The molecule has 0 fully saturated rings. The normalized spacial score (nSPS) is 15.3. The third kappa shape index (κ3) is 9.74. The van der Waals surface area contributed by atoms with Crippen molar-refractivity contribution in [3.63, 3.8) is 0 Å². The molecule has 236 valence electrons. The van der Waals surface area contributed by atoms with Gasteiger partial charge in [0.2, 0.25) is 5.96 Å². The molecular weight excluding hydrogens is 608 g/mol. The van der Waals surface area contributed by atoms with E-state index >= 15 is 0 Å². The third-order valence-electron chi connectivity index (χ3n) is 6.55. The fourth-order valence-electron chi connectivity index (χ4n) is 4.39. The Morgan fingerprint density at radius 1 is 0.909 bits per heavy atom. The summed E-state index contributed by atoms with van der Waals surface area (Å²) in [5.74, 6) is 0.509. The minimum Gasteiger partial charge on any atom is -0.491 e. The van der Waals surface area contributed by atoms with Crippen LogP contribution in [0.3, 0.4) is 0 Å². The van der Waals surface area contributed by atoms with E-state index in [1.54, 1.807) is 29.3 Å². The number of hydrogen-bond donors (Lipinski definition) is 2. The SMILES string of the molecule is CN=C(NS(=O)(=O)c1ccc(OCCOCCOCCOCCO)cc1)N1CC(c2ccccc2)C(c2ccc(Cl)cc2)=N1. The van der Waals surface area contributed by atoms with E-state index in [4.69, 9.17) is 40.8 Å². The molecule has 0 amide bonds. The number of ether oxygens (including phenoxy) is 4. The third-order valence-corrected chi connectivity index (χ3v) is 8.14. The molecule has 0 aromatic heterocycles. The highest BCUT2D eigenvalue weighted by atomic mass is 35.5. The second-order valence-corrected chi connectivity index (χ2v) is 11.7. The quantitative estimate of drug-likeness (QED) is 0.138. The van der Waals surface area contributed by atoms with E-state index in [1.165, 1.54) is 19.2 Å². The Labute approximate surface area is 263 Å². The van der Waals surface area contributed by atoms with Crippen LogP contribution in [0.1, 0.15) is 17.0 Å². The Bertz CT molecular complexity index is 1470. The Morgan fingerprint density at radius 2 is 1.52 bits per heavy atom. The summed E-state index contributed by atoms with van der Waals surface area (Å²) in [6.07, 6.45) is 0. The fraction of sp³-hybridized carbons (Fsp3) is 0.355. The summed E-state index contributed by atoms with van der Waals surface area (Å²) in [5, 5.41) is 15.6. The summed E-state index contributed by atoms with van der Waals surface area (Å²) in [7, 11) is -2.45. The molecule has 1 heterocycles. The number of nitrogens with zero attached hydrogens (tertiary/aromatic N) is 3. The first kappa shape index (κ1) is 33.4. The maximum Gasteiger partial charge on any atom is 0.264 e.